The topological polar surface area (TPSA) is 42.7 Å². The zero-order valence-corrected chi connectivity index (χ0v) is 11.0. The number of benzene rings is 1. The maximum Gasteiger partial charge on any atom is 0.130 e. The number of nitrogens with one attached hydrogen (secondary N) is 1. The summed E-state index contributed by atoms with van der Waals surface area (Å²) in [7, 11) is 3.96. The van der Waals surface area contributed by atoms with E-state index in [-0.39, 0.29) is 6.04 Å². The van der Waals surface area contributed by atoms with Crippen LogP contribution in [0.2, 0.25) is 0 Å². The Kier molecular flexibility index (Phi) is 3.01. The second kappa shape index (κ2) is 4.82. The van der Waals surface area contributed by atoms with Crippen LogP contribution in [-0.4, -0.2) is 21.6 Å². The van der Waals surface area contributed by atoms with Crippen LogP contribution in [0.4, 0.5) is 0 Å². The molecule has 0 saturated carbocycles. The molecule has 2 aromatic heterocycles. The Bertz CT molecular complexity index is 697. The van der Waals surface area contributed by atoms with Crippen molar-refractivity contribution in [2.24, 2.45) is 7.05 Å². The van der Waals surface area contributed by atoms with Crippen LogP contribution in [0.15, 0.2) is 48.9 Å². The van der Waals surface area contributed by atoms with Gasteiger partial charge in [0.1, 0.15) is 5.82 Å². The summed E-state index contributed by atoms with van der Waals surface area (Å²) in [6, 6.07) is 10.3. The maximum absolute atomic E-state index is 4.45. The monoisotopic (exact) mass is 252 g/mol. The minimum Gasteiger partial charge on any atom is -0.336 e. The zero-order valence-electron chi connectivity index (χ0n) is 11.0. The van der Waals surface area contributed by atoms with Gasteiger partial charge >= 0.3 is 0 Å². The van der Waals surface area contributed by atoms with Crippen molar-refractivity contribution in [1.29, 1.82) is 0 Å². The Balaban J connectivity index is 2.20. The molecule has 0 aliphatic rings. The van der Waals surface area contributed by atoms with E-state index in [0.717, 1.165) is 16.7 Å². The molecule has 2 heterocycles. The summed E-state index contributed by atoms with van der Waals surface area (Å²) in [5, 5.41) is 4.50. The molecule has 0 aliphatic carbocycles. The molecule has 4 heteroatoms. The predicted molar refractivity (Wildman–Crippen MR) is 75.9 cm³/mol. The third kappa shape index (κ3) is 2.00. The van der Waals surface area contributed by atoms with Gasteiger partial charge in [0.15, 0.2) is 0 Å². The number of hydrogen-bond acceptors (Lipinski definition) is 3. The van der Waals surface area contributed by atoms with Crippen molar-refractivity contribution in [3.63, 3.8) is 0 Å². The molecule has 0 amide bonds. The maximum atomic E-state index is 4.45. The van der Waals surface area contributed by atoms with Crippen molar-refractivity contribution in [2.75, 3.05) is 7.05 Å². The van der Waals surface area contributed by atoms with Gasteiger partial charge in [-0.05, 0) is 24.7 Å². The van der Waals surface area contributed by atoms with Crippen LogP contribution < -0.4 is 5.32 Å². The molecule has 1 unspecified atom stereocenters. The van der Waals surface area contributed by atoms with E-state index in [4.69, 9.17) is 0 Å². The lowest BCUT2D eigenvalue weighted by molar-refractivity contribution is 0.621. The lowest BCUT2D eigenvalue weighted by Crippen LogP contribution is -2.21. The van der Waals surface area contributed by atoms with Crippen LogP contribution in [0.3, 0.4) is 0 Å². The van der Waals surface area contributed by atoms with Crippen molar-refractivity contribution in [1.82, 2.24) is 19.9 Å². The predicted octanol–water partition coefficient (Wildman–Crippen LogP) is 2.28. The SMILES string of the molecule is CNC(c1cccc2ncccc12)c1nccn1C. The first-order valence-electron chi connectivity index (χ1n) is 6.29. The van der Waals surface area contributed by atoms with E-state index in [9.17, 15) is 0 Å². The molecule has 96 valence electrons. The molecule has 0 bridgehead atoms. The summed E-state index contributed by atoms with van der Waals surface area (Å²) in [6.07, 6.45) is 5.60. The fraction of sp³-hybridized carbons (Fsp3) is 0.200. The van der Waals surface area contributed by atoms with Crippen molar-refractivity contribution in [2.45, 2.75) is 6.04 Å². The number of fused-ring (bicyclic) bond motifs is 1. The highest BCUT2D eigenvalue weighted by Crippen LogP contribution is 2.26. The lowest BCUT2D eigenvalue weighted by Gasteiger charge is -2.18. The van der Waals surface area contributed by atoms with Gasteiger partial charge in [-0.1, -0.05) is 18.2 Å². The highest BCUT2D eigenvalue weighted by molar-refractivity contribution is 5.82. The number of aromatic nitrogens is 3. The molecule has 19 heavy (non-hydrogen) atoms. The lowest BCUT2D eigenvalue weighted by atomic mass is 10.0. The molecule has 0 aliphatic heterocycles. The fourth-order valence-electron chi connectivity index (χ4n) is 2.46. The van der Waals surface area contributed by atoms with Crippen molar-refractivity contribution >= 4 is 10.9 Å². The Labute approximate surface area is 112 Å². The molecular weight excluding hydrogens is 236 g/mol. The first-order valence-corrected chi connectivity index (χ1v) is 6.29. The molecule has 1 atom stereocenters. The van der Waals surface area contributed by atoms with E-state index in [0.29, 0.717) is 0 Å². The van der Waals surface area contributed by atoms with E-state index < -0.39 is 0 Å². The number of imidazole rings is 1. The van der Waals surface area contributed by atoms with Gasteiger partial charge < -0.3 is 9.88 Å². The van der Waals surface area contributed by atoms with Gasteiger partial charge in [0.05, 0.1) is 11.6 Å². The molecule has 0 saturated heterocycles. The quantitative estimate of drug-likeness (QED) is 0.777. The summed E-state index contributed by atoms with van der Waals surface area (Å²) < 4.78 is 2.04. The number of nitrogens with zero attached hydrogens (tertiary/aromatic N) is 3. The second-order valence-electron chi connectivity index (χ2n) is 4.54. The fourth-order valence-corrected chi connectivity index (χ4v) is 2.46. The van der Waals surface area contributed by atoms with Crippen LogP contribution in [0, 0.1) is 0 Å². The standard InChI is InChI=1S/C15H16N4/c1-16-14(15-18-9-10-19(15)2)12-5-3-7-13-11(12)6-4-8-17-13/h3-10,14,16H,1-2H3. The normalized spacial score (nSPS) is 12.7. The first kappa shape index (κ1) is 11.9. The van der Waals surface area contributed by atoms with E-state index in [1.165, 1.54) is 5.56 Å². The first-order chi connectivity index (χ1) is 9.31. The van der Waals surface area contributed by atoms with Crippen LogP contribution in [0.25, 0.3) is 10.9 Å². The molecule has 3 aromatic rings. The summed E-state index contributed by atoms with van der Waals surface area (Å²) in [6.45, 7) is 0. The third-order valence-corrected chi connectivity index (χ3v) is 3.40. The molecule has 0 radical (unpaired) electrons. The third-order valence-electron chi connectivity index (χ3n) is 3.40. The average Bonchev–Trinajstić information content (AvgIpc) is 2.86. The minimum absolute atomic E-state index is 0.0629. The smallest absolute Gasteiger partial charge is 0.130 e. The van der Waals surface area contributed by atoms with E-state index in [2.05, 4.69) is 27.4 Å². The van der Waals surface area contributed by atoms with Gasteiger partial charge in [0.2, 0.25) is 0 Å². The molecule has 1 aromatic carbocycles. The zero-order chi connectivity index (χ0) is 13.2. The molecule has 0 fully saturated rings. The summed E-state index contributed by atoms with van der Waals surface area (Å²) in [4.78, 5) is 8.86. The largest absolute Gasteiger partial charge is 0.336 e. The van der Waals surface area contributed by atoms with Gasteiger partial charge in [-0.15, -0.1) is 0 Å². The van der Waals surface area contributed by atoms with Gasteiger partial charge in [-0.3, -0.25) is 4.98 Å². The van der Waals surface area contributed by atoms with Crippen LogP contribution >= 0.6 is 0 Å². The summed E-state index contributed by atoms with van der Waals surface area (Å²) in [5.74, 6) is 0.999. The highest BCUT2D eigenvalue weighted by Gasteiger charge is 2.18. The Morgan fingerprint density at radius 2 is 2.00 bits per heavy atom. The number of hydrogen-bond donors (Lipinski definition) is 1. The van der Waals surface area contributed by atoms with E-state index in [1.807, 2.05) is 55.5 Å². The highest BCUT2D eigenvalue weighted by atomic mass is 15.1. The summed E-state index contributed by atoms with van der Waals surface area (Å²) in [5.41, 5.74) is 2.21. The number of rotatable bonds is 3. The van der Waals surface area contributed by atoms with Gasteiger partial charge in [-0.25, -0.2) is 4.98 Å². The Hall–Kier alpha value is -2.20. The molecule has 3 rings (SSSR count). The van der Waals surface area contributed by atoms with Crippen molar-refractivity contribution in [3.8, 4) is 0 Å². The van der Waals surface area contributed by atoms with Crippen molar-refractivity contribution in [3.05, 3.63) is 60.3 Å². The molecule has 0 spiro atoms. The van der Waals surface area contributed by atoms with Crippen LogP contribution in [0.5, 0.6) is 0 Å². The summed E-state index contributed by atoms with van der Waals surface area (Å²) >= 11 is 0. The van der Waals surface area contributed by atoms with Gasteiger partial charge in [0.25, 0.3) is 0 Å². The van der Waals surface area contributed by atoms with Gasteiger partial charge in [-0.2, -0.15) is 0 Å². The number of aryl methyl sites for hydroxylation is 1. The van der Waals surface area contributed by atoms with Crippen molar-refractivity contribution < 1.29 is 0 Å². The van der Waals surface area contributed by atoms with Crippen LogP contribution in [-0.2, 0) is 7.05 Å². The molecule has 4 nitrogen and oxygen atoms in total. The van der Waals surface area contributed by atoms with E-state index in [1.54, 1.807) is 0 Å². The average molecular weight is 252 g/mol. The molecular formula is C15H16N4. The van der Waals surface area contributed by atoms with E-state index >= 15 is 0 Å². The minimum atomic E-state index is 0.0629. The van der Waals surface area contributed by atoms with Crippen LogP contribution in [0.1, 0.15) is 17.4 Å². The Morgan fingerprint density at radius 3 is 2.74 bits per heavy atom. The Morgan fingerprint density at radius 1 is 1.11 bits per heavy atom. The number of pyridine rings is 1. The van der Waals surface area contributed by atoms with Gasteiger partial charge in [0, 0.05) is 31.0 Å². The second-order valence-corrected chi connectivity index (χ2v) is 4.54. The molecule has 1 N–H and O–H groups in total.